The van der Waals surface area contributed by atoms with Crippen LogP contribution in [0.1, 0.15) is 115 Å². The first kappa shape index (κ1) is 38.0. The highest BCUT2D eigenvalue weighted by atomic mass is 16.6. The van der Waals surface area contributed by atoms with Crippen LogP contribution in [0.25, 0.3) is 0 Å². The van der Waals surface area contributed by atoms with E-state index in [2.05, 4.69) is 19.2 Å². The smallest absolute Gasteiger partial charge is 0.340 e. The van der Waals surface area contributed by atoms with Crippen molar-refractivity contribution in [2.45, 2.75) is 90.3 Å². The molecule has 274 valence electrons. The summed E-state index contributed by atoms with van der Waals surface area (Å²) in [7, 11) is 0. The number of hydrogen-bond acceptors (Lipinski definition) is 9. The zero-order valence-corrected chi connectivity index (χ0v) is 30.1. The first-order valence-electron chi connectivity index (χ1n) is 18.3. The Morgan fingerprint density at radius 2 is 1.47 bits per heavy atom. The highest BCUT2D eigenvalue weighted by Crippen LogP contribution is 2.56. The van der Waals surface area contributed by atoms with Gasteiger partial charge in [0.2, 0.25) is 5.91 Å². The minimum atomic E-state index is -1.32. The number of aromatic hydroxyl groups is 1. The highest BCUT2D eigenvalue weighted by Gasteiger charge is 2.53. The molecular formula is C41H51NO9. The lowest BCUT2D eigenvalue weighted by atomic mass is 9.77. The third-order valence-electron chi connectivity index (χ3n) is 9.15. The Morgan fingerprint density at radius 1 is 0.765 bits per heavy atom. The predicted molar refractivity (Wildman–Crippen MR) is 193 cm³/mol. The van der Waals surface area contributed by atoms with E-state index in [1.807, 2.05) is 25.1 Å². The third kappa shape index (κ3) is 9.75. The Hall–Kier alpha value is -4.25. The van der Waals surface area contributed by atoms with Gasteiger partial charge >= 0.3 is 5.97 Å². The number of amides is 1. The van der Waals surface area contributed by atoms with Gasteiger partial charge in [-0.1, -0.05) is 43.9 Å². The maximum absolute atomic E-state index is 13.3. The number of unbranched alkanes of at least 4 members (excludes halogenated alkanes) is 5. The molecule has 2 N–H and O–H groups in total. The van der Waals surface area contributed by atoms with Crippen LogP contribution in [0, 0.1) is 6.92 Å². The van der Waals surface area contributed by atoms with Gasteiger partial charge in [-0.05, 0) is 75.9 Å². The van der Waals surface area contributed by atoms with E-state index in [1.165, 1.54) is 31.4 Å². The first-order chi connectivity index (χ1) is 24.7. The number of carbonyl (C=O) groups excluding carboxylic acids is 3. The molecule has 0 saturated carbocycles. The Labute approximate surface area is 300 Å². The lowest BCUT2D eigenvalue weighted by molar-refractivity contribution is -0.122. The summed E-state index contributed by atoms with van der Waals surface area (Å²) in [4.78, 5) is 38.6. The number of benzene rings is 3. The molecule has 2 aliphatic rings. The summed E-state index contributed by atoms with van der Waals surface area (Å²) in [6, 6.07) is 15.4. The SMILES string of the molecule is Cc1ccc2c(c1)Oc1cc(O)ccc1C21OC(=O)c2ccc(C(=O)CCCOCCOCCC(=O)NCCCCCCCCOC(C)C)cc21. The van der Waals surface area contributed by atoms with Crippen molar-refractivity contribution >= 4 is 17.7 Å². The molecular weight excluding hydrogens is 650 g/mol. The van der Waals surface area contributed by atoms with Crippen molar-refractivity contribution in [3.8, 4) is 17.2 Å². The Balaban J connectivity index is 1.01. The van der Waals surface area contributed by atoms with Crippen molar-refractivity contribution in [3.05, 3.63) is 88.0 Å². The third-order valence-corrected chi connectivity index (χ3v) is 9.15. The van der Waals surface area contributed by atoms with E-state index in [1.54, 1.807) is 24.3 Å². The van der Waals surface area contributed by atoms with E-state index in [4.69, 9.17) is 23.7 Å². The molecule has 0 aromatic heterocycles. The lowest BCUT2D eigenvalue weighted by Crippen LogP contribution is -2.33. The second-order valence-corrected chi connectivity index (χ2v) is 13.5. The van der Waals surface area contributed by atoms with Crippen molar-refractivity contribution in [1.29, 1.82) is 0 Å². The number of aryl methyl sites for hydroxylation is 1. The molecule has 2 aliphatic heterocycles. The fourth-order valence-electron chi connectivity index (χ4n) is 6.53. The van der Waals surface area contributed by atoms with Crippen molar-refractivity contribution in [3.63, 3.8) is 0 Å². The molecule has 10 nitrogen and oxygen atoms in total. The van der Waals surface area contributed by atoms with Crippen molar-refractivity contribution in [2.75, 3.05) is 39.6 Å². The molecule has 1 unspecified atom stereocenters. The number of phenolic OH excluding ortho intramolecular Hbond substituents is 1. The van der Waals surface area contributed by atoms with E-state index in [0.717, 1.165) is 31.4 Å². The monoisotopic (exact) mass is 701 g/mol. The molecule has 5 rings (SSSR count). The molecule has 51 heavy (non-hydrogen) atoms. The standard InChI is InChI=1S/C41H51NO9/c1-28(2)49-21-9-7-5-4-6-8-19-42-39(45)18-22-48-24-23-47-20-10-11-36(44)30-13-15-32-35(26-30)41(51-40(32)46)33-16-12-29(3)25-37(33)50-38-27-31(43)14-17-34(38)41/h12-17,25-28,43H,4-11,18-24H2,1-3H3,(H,42,45). The lowest BCUT2D eigenvalue weighted by Gasteiger charge is -2.36. The molecule has 0 aliphatic carbocycles. The summed E-state index contributed by atoms with van der Waals surface area (Å²) in [5.41, 5.74) is 2.28. The average Bonchev–Trinajstić information content (AvgIpc) is 3.39. The van der Waals surface area contributed by atoms with Gasteiger partial charge in [0, 0.05) is 60.9 Å². The molecule has 2 heterocycles. The summed E-state index contributed by atoms with van der Waals surface area (Å²) in [5.74, 6) is 0.350. The van der Waals surface area contributed by atoms with Gasteiger partial charge in [0.25, 0.3) is 0 Å². The predicted octanol–water partition coefficient (Wildman–Crippen LogP) is 7.54. The maximum Gasteiger partial charge on any atom is 0.340 e. The topological polar surface area (TPSA) is 130 Å². The zero-order valence-electron chi connectivity index (χ0n) is 30.1. The number of hydrogen-bond donors (Lipinski definition) is 2. The number of Topliss-reactive ketones (excluding diaryl/α,β-unsaturated/α-hetero) is 1. The van der Waals surface area contributed by atoms with Crippen LogP contribution in [0.5, 0.6) is 17.2 Å². The van der Waals surface area contributed by atoms with Crippen LogP contribution in [0.15, 0.2) is 54.6 Å². The van der Waals surface area contributed by atoms with E-state index < -0.39 is 11.6 Å². The number of esters is 1. The number of phenols is 1. The Bertz CT molecular complexity index is 1620. The van der Waals surface area contributed by atoms with Crippen LogP contribution in [0.3, 0.4) is 0 Å². The molecule has 10 heteroatoms. The fourth-order valence-corrected chi connectivity index (χ4v) is 6.53. The number of rotatable bonds is 21. The molecule has 0 radical (unpaired) electrons. The molecule has 1 amide bonds. The van der Waals surface area contributed by atoms with Crippen LogP contribution >= 0.6 is 0 Å². The normalized spacial score (nSPS) is 15.6. The molecule has 0 fully saturated rings. The van der Waals surface area contributed by atoms with E-state index >= 15 is 0 Å². The van der Waals surface area contributed by atoms with Crippen molar-refractivity contribution in [1.82, 2.24) is 5.32 Å². The van der Waals surface area contributed by atoms with Gasteiger partial charge in [-0.3, -0.25) is 9.59 Å². The van der Waals surface area contributed by atoms with Crippen LogP contribution in [0.4, 0.5) is 0 Å². The van der Waals surface area contributed by atoms with E-state index in [0.29, 0.717) is 91.2 Å². The first-order valence-corrected chi connectivity index (χ1v) is 18.3. The number of ketones is 1. The van der Waals surface area contributed by atoms with Gasteiger partial charge in [0.15, 0.2) is 11.4 Å². The molecule has 3 aromatic carbocycles. The number of fused-ring (bicyclic) bond motifs is 6. The minimum Gasteiger partial charge on any atom is -0.508 e. The highest BCUT2D eigenvalue weighted by molar-refractivity contribution is 6.01. The Kier molecular flexibility index (Phi) is 13.6. The van der Waals surface area contributed by atoms with Gasteiger partial charge in [-0.2, -0.15) is 0 Å². The zero-order chi connectivity index (χ0) is 36.2. The summed E-state index contributed by atoms with van der Waals surface area (Å²) in [6.07, 6.45) is 8.16. The molecule has 1 atom stereocenters. The van der Waals surface area contributed by atoms with Crippen molar-refractivity contribution in [2.24, 2.45) is 0 Å². The van der Waals surface area contributed by atoms with Crippen LogP contribution in [0.2, 0.25) is 0 Å². The Morgan fingerprint density at radius 3 is 2.25 bits per heavy atom. The second kappa shape index (κ2) is 18.3. The largest absolute Gasteiger partial charge is 0.508 e. The molecule has 1 spiro atoms. The summed E-state index contributed by atoms with van der Waals surface area (Å²) in [6.45, 7) is 9.04. The van der Waals surface area contributed by atoms with Gasteiger partial charge in [0.05, 0.1) is 31.5 Å². The van der Waals surface area contributed by atoms with Crippen LogP contribution in [-0.4, -0.2) is 68.4 Å². The van der Waals surface area contributed by atoms with Gasteiger partial charge in [0.1, 0.15) is 17.2 Å². The average molecular weight is 702 g/mol. The number of carbonyl (C=O) groups is 3. The van der Waals surface area contributed by atoms with Crippen molar-refractivity contribution < 1.29 is 43.2 Å². The van der Waals surface area contributed by atoms with Gasteiger partial charge in [-0.15, -0.1) is 0 Å². The van der Waals surface area contributed by atoms with Crippen LogP contribution in [-0.2, 0) is 29.3 Å². The quantitative estimate of drug-likeness (QED) is 0.0658. The molecule has 3 aromatic rings. The minimum absolute atomic E-state index is 0.00620. The second-order valence-electron chi connectivity index (χ2n) is 13.5. The number of ether oxygens (including phenoxy) is 5. The van der Waals surface area contributed by atoms with E-state index in [-0.39, 0.29) is 23.9 Å². The summed E-state index contributed by atoms with van der Waals surface area (Å²) in [5, 5.41) is 13.1. The van der Waals surface area contributed by atoms with Gasteiger partial charge < -0.3 is 34.1 Å². The fraction of sp³-hybridized carbons (Fsp3) is 0.488. The molecule has 0 bridgehead atoms. The number of nitrogens with one attached hydrogen (secondary N) is 1. The maximum atomic E-state index is 13.3. The summed E-state index contributed by atoms with van der Waals surface area (Å²) < 4.78 is 29.1. The molecule has 0 saturated heterocycles. The summed E-state index contributed by atoms with van der Waals surface area (Å²) >= 11 is 0. The van der Waals surface area contributed by atoms with E-state index in [9.17, 15) is 19.5 Å². The van der Waals surface area contributed by atoms with Gasteiger partial charge in [-0.25, -0.2) is 4.79 Å². The van der Waals surface area contributed by atoms with Crippen LogP contribution < -0.4 is 10.1 Å².